The summed E-state index contributed by atoms with van der Waals surface area (Å²) in [6.45, 7) is 0. The Hall–Kier alpha value is -1.16. The summed E-state index contributed by atoms with van der Waals surface area (Å²) in [4.78, 5) is 26.8. The van der Waals surface area contributed by atoms with Crippen LogP contribution in [0.1, 0.15) is 12.8 Å². The first-order valence-corrected chi connectivity index (χ1v) is 4.15. The molecule has 1 unspecified atom stereocenters. The van der Waals surface area contributed by atoms with E-state index in [1.807, 2.05) is 0 Å². The van der Waals surface area contributed by atoms with Gasteiger partial charge in [-0.2, -0.15) is 0 Å². The van der Waals surface area contributed by atoms with Crippen LogP contribution in [0.5, 0.6) is 0 Å². The number of carbonyl (C=O) groups is 2. The zero-order valence-corrected chi connectivity index (χ0v) is 7.82. The van der Waals surface area contributed by atoms with E-state index in [-0.39, 0.29) is 17.6 Å². The Labute approximate surface area is 77.1 Å². The molecule has 0 saturated carbocycles. The fourth-order valence-electron chi connectivity index (χ4n) is 1.23. The van der Waals surface area contributed by atoms with Crippen molar-refractivity contribution in [1.82, 2.24) is 5.06 Å². The van der Waals surface area contributed by atoms with Gasteiger partial charge in [0.15, 0.2) is 5.78 Å². The molecule has 1 amide bonds. The van der Waals surface area contributed by atoms with Crippen LogP contribution >= 0.6 is 0 Å². The van der Waals surface area contributed by atoms with Gasteiger partial charge in [-0.05, 0) is 12.0 Å². The van der Waals surface area contributed by atoms with Crippen molar-refractivity contribution >= 4 is 11.7 Å². The van der Waals surface area contributed by atoms with Crippen LogP contribution in [0.2, 0.25) is 0 Å². The lowest BCUT2D eigenvalue weighted by atomic mass is 10.0. The maximum absolute atomic E-state index is 11.3. The Bertz CT molecular complexity index is 247. The molecule has 1 rings (SSSR count). The lowest BCUT2D eigenvalue weighted by Gasteiger charge is -2.15. The van der Waals surface area contributed by atoms with E-state index in [0.717, 1.165) is 0 Å². The highest BCUT2D eigenvalue weighted by Gasteiger charge is 2.20. The number of amides is 1. The van der Waals surface area contributed by atoms with Crippen LogP contribution in [0.4, 0.5) is 0 Å². The van der Waals surface area contributed by atoms with Crippen molar-refractivity contribution < 1.29 is 14.4 Å². The third-order valence-electron chi connectivity index (χ3n) is 2.08. The molecule has 0 bridgehead atoms. The Morgan fingerprint density at radius 3 is 2.92 bits per heavy atom. The topological polar surface area (TPSA) is 46.6 Å². The van der Waals surface area contributed by atoms with Crippen LogP contribution in [-0.2, 0) is 14.4 Å². The molecular formula is C9H13NO3. The third-order valence-corrected chi connectivity index (χ3v) is 2.08. The van der Waals surface area contributed by atoms with Crippen LogP contribution in [0, 0.1) is 5.92 Å². The number of nitrogens with zero attached hydrogens (tertiary/aromatic N) is 1. The summed E-state index contributed by atoms with van der Waals surface area (Å²) in [7, 11) is 3.00. The van der Waals surface area contributed by atoms with Gasteiger partial charge in [0.2, 0.25) is 5.91 Å². The zero-order chi connectivity index (χ0) is 9.84. The summed E-state index contributed by atoms with van der Waals surface area (Å²) in [5, 5.41) is 1.18. The largest absolute Gasteiger partial charge is 0.295 e. The molecular weight excluding hydrogens is 170 g/mol. The predicted molar refractivity (Wildman–Crippen MR) is 46.7 cm³/mol. The molecule has 1 aliphatic carbocycles. The quantitative estimate of drug-likeness (QED) is 0.600. The first-order chi connectivity index (χ1) is 6.13. The number of allylic oxidation sites excluding steroid dienone is 2. The van der Waals surface area contributed by atoms with E-state index < -0.39 is 0 Å². The lowest BCUT2D eigenvalue weighted by molar-refractivity contribution is -0.169. The maximum Gasteiger partial charge on any atom is 0.246 e. The van der Waals surface area contributed by atoms with E-state index >= 15 is 0 Å². The van der Waals surface area contributed by atoms with Gasteiger partial charge in [0.05, 0.1) is 7.11 Å². The van der Waals surface area contributed by atoms with Gasteiger partial charge in [0.25, 0.3) is 0 Å². The minimum absolute atomic E-state index is 0.0533. The molecule has 4 heteroatoms. The molecule has 1 aliphatic rings. The summed E-state index contributed by atoms with van der Waals surface area (Å²) in [6.07, 6.45) is 4.10. The Morgan fingerprint density at radius 2 is 2.46 bits per heavy atom. The molecule has 0 aromatic carbocycles. The highest BCUT2D eigenvalue weighted by Crippen LogP contribution is 2.18. The summed E-state index contributed by atoms with van der Waals surface area (Å²) in [5.41, 5.74) is 0. The molecule has 13 heavy (non-hydrogen) atoms. The van der Waals surface area contributed by atoms with Crippen LogP contribution in [0.3, 0.4) is 0 Å². The van der Waals surface area contributed by atoms with Crippen molar-refractivity contribution in [2.75, 3.05) is 14.2 Å². The van der Waals surface area contributed by atoms with Gasteiger partial charge in [-0.25, -0.2) is 5.06 Å². The van der Waals surface area contributed by atoms with E-state index in [0.29, 0.717) is 12.8 Å². The Morgan fingerprint density at radius 1 is 1.77 bits per heavy atom. The van der Waals surface area contributed by atoms with E-state index in [1.165, 1.54) is 18.2 Å². The van der Waals surface area contributed by atoms with E-state index in [4.69, 9.17) is 4.84 Å². The van der Waals surface area contributed by atoms with Gasteiger partial charge < -0.3 is 0 Å². The first-order valence-electron chi connectivity index (χ1n) is 4.15. The number of rotatable bonds is 3. The Kier molecular flexibility index (Phi) is 3.19. The molecule has 0 fully saturated rings. The van der Waals surface area contributed by atoms with Crippen molar-refractivity contribution in [3.63, 3.8) is 0 Å². The van der Waals surface area contributed by atoms with Crippen molar-refractivity contribution in [1.29, 1.82) is 0 Å². The first kappa shape index (κ1) is 9.92. The standard InChI is InChI=1S/C9H13NO3/c1-10(13-2)9(12)6-7-3-4-8(11)5-7/h3-4,7H,5-6H2,1-2H3. The van der Waals surface area contributed by atoms with Gasteiger partial charge in [0, 0.05) is 19.9 Å². The summed E-state index contributed by atoms with van der Waals surface area (Å²) in [5.74, 6) is 0.0438. The number of ketones is 1. The van der Waals surface area contributed by atoms with Crippen molar-refractivity contribution in [2.45, 2.75) is 12.8 Å². The highest BCUT2D eigenvalue weighted by atomic mass is 16.7. The fourth-order valence-corrected chi connectivity index (χ4v) is 1.23. The lowest BCUT2D eigenvalue weighted by Crippen LogP contribution is -2.26. The SMILES string of the molecule is CON(C)C(=O)CC1C=CC(=O)C1. The van der Waals surface area contributed by atoms with E-state index in [2.05, 4.69) is 0 Å². The molecule has 0 aromatic heterocycles. The maximum atomic E-state index is 11.3. The molecule has 0 heterocycles. The molecule has 0 aromatic rings. The minimum atomic E-state index is -0.105. The molecule has 0 radical (unpaired) electrons. The summed E-state index contributed by atoms with van der Waals surface area (Å²) >= 11 is 0. The monoisotopic (exact) mass is 183 g/mol. The summed E-state index contributed by atoms with van der Waals surface area (Å²) < 4.78 is 0. The zero-order valence-electron chi connectivity index (χ0n) is 7.82. The third kappa shape index (κ3) is 2.66. The fraction of sp³-hybridized carbons (Fsp3) is 0.556. The molecule has 0 aliphatic heterocycles. The average molecular weight is 183 g/mol. The van der Waals surface area contributed by atoms with Gasteiger partial charge in [0.1, 0.15) is 0 Å². The molecule has 0 N–H and O–H groups in total. The highest BCUT2D eigenvalue weighted by molar-refractivity contribution is 5.93. The molecule has 72 valence electrons. The average Bonchev–Trinajstić information content (AvgIpc) is 2.49. The molecule has 0 saturated heterocycles. The number of hydrogen-bond donors (Lipinski definition) is 0. The second kappa shape index (κ2) is 4.18. The number of hydroxylamine groups is 2. The number of hydrogen-bond acceptors (Lipinski definition) is 3. The van der Waals surface area contributed by atoms with Crippen LogP contribution < -0.4 is 0 Å². The molecule has 1 atom stereocenters. The van der Waals surface area contributed by atoms with Crippen LogP contribution in [0.25, 0.3) is 0 Å². The van der Waals surface area contributed by atoms with Gasteiger partial charge in [-0.15, -0.1) is 0 Å². The molecule has 0 spiro atoms. The van der Waals surface area contributed by atoms with Crippen LogP contribution in [-0.4, -0.2) is 30.9 Å². The Balaban J connectivity index is 2.37. The van der Waals surface area contributed by atoms with Gasteiger partial charge >= 0.3 is 0 Å². The van der Waals surface area contributed by atoms with Crippen LogP contribution in [0.15, 0.2) is 12.2 Å². The minimum Gasteiger partial charge on any atom is -0.295 e. The second-order valence-electron chi connectivity index (χ2n) is 3.07. The second-order valence-corrected chi connectivity index (χ2v) is 3.07. The van der Waals surface area contributed by atoms with E-state index in [9.17, 15) is 9.59 Å². The predicted octanol–water partition coefficient (Wildman–Crippen LogP) is 0.541. The smallest absolute Gasteiger partial charge is 0.246 e. The molecule has 4 nitrogen and oxygen atoms in total. The number of carbonyl (C=O) groups excluding carboxylic acids is 2. The summed E-state index contributed by atoms with van der Waals surface area (Å²) in [6, 6.07) is 0. The normalized spacial score (nSPS) is 20.8. The van der Waals surface area contributed by atoms with Crippen molar-refractivity contribution in [2.24, 2.45) is 5.92 Å². The van der Waals surface area contributed by atoms with Crippen molar-refractivity contribution in [3.05, 3.63) is 12.2 Å². The van der Waals surface area contributed by atoms with E-state index in [1.54, 1.807) is 13.1 Å². The van der Waals surface area contributed by atoms with Crippen molar-refractivity contribution in [3.8, 4) is 0 Å². The van der Waals surface area contributed by atoms with Gasteiger partial charge in [-0.1, -0.05) is 6.08 Å². The van der Waals surface area contributed by atoms with Gasteiger partial charge in [-0.3, -0.25) is 14.4 Å².